The maximum absolute atomic E-state index is 6.15. The zero-order valence-corrected chi connectivity index (χ0v) is 11.7. The minimum atomic E-state index is 0.0152. The minimum Gasteiger partial charge on any atom is -0.485 e. The number of aromatic nitrogens is 1. The van der Waals surface area contributed by atoms with Gasteiger partial charge in [0.05, 0.1) is 5.52 Å². The van der Waals surface area contributed by atoms with Crippen molar-refractivity contribution in [1.29, 1.82) is 0 Å². The van der Waals surface area contributed by atoms with Crippen LogP contribution in [-0.4, -0.2) is 4.98 Å². The monoisotopic (exact) mass is 263 g/mol. The Morgan fingerprint density at radius 1 is 0.950 bits per heavy atom. The molecule has 3 rings (SSSR count). The number of nitrogens with zero attached hydrogens (tertiary/aromatic N) is 1. The lowest BCUT2D eigenvalue weighted by atomic mass is 10.1. The normalized spacial score (nSPS) is 12.3. The fourth-order valence-corrected chi connectivity index (χ4v) is 2.35. The van der Waals surface area contributed by atoms with Gasteiger partial charge in [-0.1, -0.05) is 42.5 Å². The molecule has 1 aromatic heterocycles. The first-order valence-electron chi connectivity index (χ1n) is 6.82. The Morgan fingerprint density at radius 2 is 1.65 bits per heavy atom. The van der Waals surface area contributed by atoms with Gasteiger partial charge in [-0.25, -0.2) is 0 Å². The Hall–Kier alpha value is -2.35. The maximum Gasteiger partial charge on any atom is 0.131 e. The van der Waals surface area contributed by atoms with Crippen LogP contribution in [0.5, 0.6) is 5.75 Å². The Balaban J connectivity index is 1.98. The van der Waals surface area contributed by atoms with E-state index in [1.807, 2.05) is 49.4 Å². The molecule has 0 N–H and O–H groups in total. The van der Waals surface area contributed by atoms with Gasteiger partial charge in [0.25, 0.3) is 0 Å². The molecular weight excluding hydrogens is 246 g/mol. The van der Waals surface area contributed by atoms with E-state index in [9.17, 15) is 0 Å². The van der Waals surface area contributed by atoms with Crippen molar-refractivity contribution >= 4 is 10.9 Å². The van der Waals surface area contributed by atoms with Crippen molar-refractivity contribution < 1.29 is 4.74 Å². The van der Waals surface area contributed by atoms with Crippen LogP contribution in [-0.2, 0) is 0 Å². The fourth-order valence-electron chi connectivity index (χ4n) is 2.35. The minimum absolute atomic E-state index is 0.0152. The summed E-state index contributed by atoms with van der Waals surface area (Å²) in [5.74, 6) is 0.893. The highest BCUT2D eigenvalue weighted by molar-refractivity contribution is 5.85. The first-order chi connectivity index (χ1) is 9.74. The maximum atomic E-state index is 6.15. The van der Waals surface area contributed by atoms with Crippen LogP contribution in [0.15, 0.2) is 60.7 Å². The van der Waals surface area contributed by atoms with Gasteiger partial charge in [-0.3, -0.25) is 4.98 Å². The van der Waals surface area contributed by atoms with Gasteiger partial charge in [0.15, 0.2) is 0 Å². The van der Waals surface area contributed by atoms with Crippen molar-refractivity contribution in [1.82, 2.24) is 4.98 Å². The lowest BCUT2D eigenvalue weighted by Gasteiger charge is -2.17. The van der Waals surface area contributed by atoms with E-state index in [0.717, 1.165) is 22.3 Å². The molecule has 1 atom stereocenters. The molecule has 0 amide bonds. The van der Waals surface area contributed by atoms with Crippen LogP contribution in [0.1, 0.15) is 24.3 Å². The zero-order valence-electron chi connectivity index (χ0n) is 11.7. The molecule has 0 spiro atoms. The predicted octanol–water partition coefficient (Wildman–Crippen LogP) is 4.68. The molecule has 100 valence electrons. The van der Waals surface area contributed by atoms with Crippen LogP contribution in [0.2, 0.25) is 0 Å². The molecule has 0 aliphatic heterocycles. The van der Waals surface area contributed by atoms with Crippen LogP contribution in [0.3, 0.4) is 0 Å². The summed E-state index contributed by atoms with van der Waals surface area (Å²) in [7, 11) is 0. The first kappa shape index (κ1) is 12.7. The van der Waals surface area contributed by atoms with Gasteiger partial charge in [-0.2, -0.15) is 0 Å². The average molecular weight is 263 g/mol. The number of hydrogen-bond acceptors (Lipinski definition) is 2. The molecule has 20 heavy (non-hydrogen) atoms. The Labute approximate surface area is 119 Å². The van der Waals surface area contributed by atoms with E-state index in [-0.39, 0.29) is 6.10 Å². The van der Waals surface area contributed by atoms with Gasteiger partial charge in [-0.05, 0) is 31.5 Å². The number of pyridine rings is 1. The number of ether oxygens (including phenoxy) is 1. The zero-order chi connectivity index (χ0) is 13.9. The fraction of sp³-hybridized carbons (Fsp3) is 0.167. The van der Waals surface area contributed by atoms with Gasteiger partial charge in [0.1, 0.15) is 11.9 Å². The molecule has 3 aromatic rings. The number of rotatable bonds is 3. The molecule has 0 fully saturated rings. The predicted molar refractivity (Wildman–Crippen MR) is 82.0 cm³/mol. The number of benzene rings is 2. The van der Waals surface area contributed by atoms with Gasteiger partial charge >= 0.3 is 0 Å². The smallest absolute Gasteiger partial charge is 0.131 e. The van der Waals surface area contributed by atoms with Gasteiger partial charge in [-0.15, -0.1) is 0 Å². The van der Waals surface area contributed by atoms with E-state index in [0.29, 0.717) is 0 Å². The lowest BCUT2D eigenvalue weighted by Crippen LogP contribution is -2.03. The third-order valence-corrected chi connectivity index (χ3v) is 3.38. The summed E-state index contributed by atoms with van der Waals surface area (Å²) < 4.78 is 6.15. The summed E-state index contributed by atoms with van der Waals surface area (Å²) in [6.45, 7) is 4.06. The molecule has 0 aliphatic carbocycles. The summed E-state index contributed by atoms with van der Waals surface area (Å²) in [5, 5.41) is 1.06. The molecule has 0 saturated carbocycles. The molecule has 0 aliphatic rings. The summed E-state index contributed by atoms with van der Waals surface area (Å²) in [5.41, 5.74) is 3.12. The SMILES string of the molecule is Cc1cc(OC(C)c2ccccc2)c2ccccc2n1. The molecule has 0 bridgehead atoms. The lowest BCUT2D eigenvalue weighted by molar-refractivity contribution is 0.229. The summed E-state index contributed by atoms with van der Waals surface area (Å²) in [6, 6.07) is 20.3. The standard InChI is InChI=1S/C18H17NO/c1-13-12-18(16-10-6-7-11-17(16)19-13)20-14(2)15-8-4-3-5-9-15/h3-12,14H,1-2H3. The number of para-hydroxylation sites is 1. The molecule has 2 aromatic carbocycles. The molecule has 2 nitrogen and oxygen atoms in total. The second-order valence-electron chi connectivity index (χ2n) is 4.95. The number of aryl methyl sites for hydroxylation is 1. The van der Waals surface area contributed by atoms with Crippen LogP contribution >= 0.6 is 0 Å². The molecular formula is C18H17NO. The van der Waals surface area contributed by atoms with E-state index < -0.39 is 0 Å². The largest absolute Gasteiger partial charge is 0.485 e. The van der Waals surface area contributed by atoms with Crippen molar-refractivity contribution in [2.45, 2.75) is 20.0 Å². The van der Waals surface area contributed by atoms with Gasteiger partial charge in [0.2, 0.25) is 0 Å². The first-order valence-corrected chi connectivity index (χ1v) is 6.82. The van der Waals surface area contributed by atoms with E-state index in [1.165, 1.54) is 5.56 Å². The second kappa shape index (κ2) is 5.33. The van der Waals surface area contributed by atoms with E-state index in [2.05, 4.69) is 30.1 Å². The van der Waals surface area contributed by atoms with E-state index >= 15 is 0 Å². The highest BCUT2D eigenvalue weighted by Crippen LogP contribution is 2.29. The average Bonchev–Trinajstić information content (AvgIpc) is 2.48. The molecule has 0 radical (unpaired) electrons. The third kappa shape index (κ3) is 2.50. The van der Waals surface area contributed by atoms with Gasteiger partial charge in [0, 0.05) is 17.1 Å². The van der Waals surface area contributed by atoms with E-state index in [4.69, 9.17) is 4.74 Å². The summed E-state index contributed by atoms with van der Waals surface area (Å²) in [4.78, 5) is 4.54. The van der Waals surface area contributed by atoms with Crippen LogP contribution < -0.4 is 4.74 Å². The molecule has 1 unspecified atom stereocenters. The summed E-state index contributed by atoms with van der Waals surface area (Å²) in [6.07, 6.45) is 0.0152. The van der Waals surface area contributed by atoms with Crippen molar-refractivity contribution in [3.05, 3.63) is 71.9 Å². The Morgan fingerprint density at radius 3 is 2.45 bits per heavy atom. The molecule has 0 saturated heterocycles. The van der Waals surface area contributed by atoms with Crippen molar-refractivity contribution in [2.75, 3.05) is 0 Å². The molecule has 1 heterocycles. The highest BCUT2D eigenvalue weighted by atomic mass is 16.5. The Kier molecular flexibility index (Phi) is 3.38. The van der Waals surface area contributed by atoms with E-state index in [1.54, 1.807) is 0 Å². The summed E-state index contributed by atoms with van der Waals surface area (Å²) >= 11 is 0. The number of fused-ring (bicyclic) bond motifs is 1. The number of hydrogen-bond donors (Lipinski definition) is 0. The van der Waals surface area contributed by atoms with Crippen LogP contribution in [0, 0.1) is 6.92 Å². The van der Waals surface area contributed by atoms with Crippen LogP contribution in [0.4, 0.5) is 0 Å². The molecule has 2 heteroatoms. The topological polar surface area (TPSA) is 22.1 Å². The third-order valence-electron chi connectivity index (χ3n) is 3.38. The quantitative estimate of drug-likeness (QED) is 0.684. The van der Waals surface area contributed by atoms with Gasteiger partial charge < -0.3 is 4.74 Å². The second-order valence-corrected chi connectivity index (χ2v) is 4.95. The highest BCUT2D eigenvalue weighted by Gasteiger charge is 2.10. The Bertz CT molecular complexity index is 722. The van der Waals surface area contributed by atoms with Crippen molar-refractivity contribution in [3.63, 3.8) is 0 Å². The van der Waals surface area contributed by atoms with Crippen molar-refractivity contribution in [2.24, 2.45) is 0 Å². The van der Waals surface area contributed by atoms with Crippen LogP contribution in [0.25, 0.3) is 10.9 Å². The van der Waals surface area contributed by atoms with Crippen molar-refractivity contribution in [3.8, 4) is 5.75 Å².